The van der Waals surface area contributed by atoms with E-state index in [4.69, 9.17) is 0 Å². The molecule has 0 saturated heterocycles. The summed E-state index contributed by atoms with van der Waals surface area (Å²) in [4.78, 5) is 0. The minimum absolute atomic E-state index is 0.952. The zero-order valence-electron chi connectivity index (χ0n) is 9.79. The highest BCUT2D eigenvalue weighted by Gasteiger charge is 2.03. The summed E-state index contributed by atoms with van der Waals surface area (Å²) in [7, 11) is 0. The molecule has 84 valence electrons. The second-order valence-corrected chi connectivity index (χ2v) is 4.72. The maximum Gasteiger partial charge on any atom is 0.0205 e. The first kappa shape index (κ1) is 11.4. The lowest BCUT2D eigenvalue weighted by Gasteiger charge is -2.08. The lowest BCUT2D eigenvalue weighted by atomic mass is 10.0. The Balaban J connectivity index is 2.30. The van der Waals surface area contributed by atoms with E-state index in [-0.39, 0.29) is 0 Å². The SMILES string of the molecule is CCNCc1ccc(C)c(-c2ccsc2)c1. The van der Waals surface area contributed by atoms with Gasteiger partial charge in [-0.1, -0.05) is 19.1 Å². The smallest absolute Gasteiger partial charge is 0.0205 e. The highest BCUT2D eigenvalue weighted by molar-refractivity contribution is 7.08. The van der Waals surface area contributed by atoms with Crippen molar-refractivity contribution in [2.75, 3.05) is 6.54 Å². The number of benzene rings is 1. The van der Waals surface area contributed by atoms with Crippen molar-refractivity contribution in [3.63, 3.8) is 0 Å². The largest absolute Gasteiger partial charge is 0.313 e. The van der Waals surface area contributed by atoms with Gasteiger partial charge in [-0.05, 0) is 58.6 Å². The third kappa shape index (κ3) is 2.52. The van der Waals surface area contributed by atoms with Crippen LogP contribution in [0.2, 0.25) is 0 Å². The maximum atomic E-state index is 3.36. The van der Waals surface area contributed by atoms with Crippen LogP contribution >= 0.6 is 11.3 Å². The Morgan fingerprint density at radius 3 is 2.81 bits per heavy atom. The van der Waals surface area contributed by atoms with Gasteiger partial charge in [-0.2, -0.15) is 11.3 Å². The van der Waals surface area contributed by atoms with Gasteiger partial charge in [-0.25, -0.2) is 0 Å². The van der Waals surface area contributed by atoms with E-state index >= 15 is 0 Å². The minimum atomic E-state index is 0.952. The Morgan fingerprint density at radius 2 is 2.12 bits per heavy atom. The molecule has 2 heteroatoms. The molecule has 0 aliphatic heterocycles. The van der Waals surface area contributed by atoms with Crippen molar-refractivity contribution in [2.45, 2.75) is 20.4 Å². The predicted molar refractivity (Wildman–Crippen MR) is 71.9 cm³/mol. The molecule has 1 heterocycles. The molecule has 0 radical (unpaired) electrons. The van der Waals surface area contributed by atoms with E-state index in [1.54, 1.807) is 11.3 Å². The first-order chi connectivity index (χ1) is 7.81. The summed E-state index contributed by atoms with van der Waals surface area (Å²) in [5.41, 5.74) is 5.39. The molecule has 0 bridgehead atoms. The van der Waals surface area contributed by atoms with Crippen LogP contribution in [0.5, 0.6) is 0 Å². The molecule has 0 aliphatic rings. The summed E-state index contributed by atoms with van der Waals surface area (Å²) < 4.78 is 0. The normalized spacial score (nSPS) is 10.6. The lowest BCUT2D eigenvalue weighted by molar-refractivity contribution is 0.727. The van der Waals surface area contributed by atoms with E-state index in [1.807, 2.05) is 0 Å². The van der Waals surface area contributed by atoms with E-state index < -0.39 is 0 Å². The van der Waals surface area contributed by atoms with Crippen LogP contribution in [-0.2, 0) is 6.54 Å². The van der Waals surface area contributed by atoms with Crippen LogP contribution < -0.4 is 5.32 Å². The van der Waals surface area contributed by atoms with Crippen molar-refractivity contribution in [3.05, 3.63) is 46.2 Å². The van der Waals surface area contributed by atoms with Crippen LogP contribution in [-0.4, -0.2) is 6.54 Å². The molecule has 1 nitrogen and oxygen atoms in total. The molecule has 0 atom stereocenters. The molecule has 0 aliphatic carbocycles. The van der Waals surface area contributed by atoms with Gasteiger partial charge < -0.3 is 5.32 Å². The number of rotatable bonds is 4. The fraction of sp³-hybridized carbons (Fsp3) is 0.286. The number of thiophene rings is 1. The molecule has 0 spiro atoms. The number of nitrogens with one attached hydrogen (secondary N) is 1. The van der Waals surface area contributed by atoms with Crippen LogP contribution in [0.15, 0.2) is 35.0 Å². The van der Waals surface area contributed by atoms with E-state index in [9.17, 15) is 0 Å². The fourth-order valence-electron chi connectivity index (χ4n) is 1.78. The van der Waals surface area contributed by atoms with Crippen molar-refractivity contribution in [1.82, 2.24) is 5.32 Å². The Labute approximate surface area is 101 Å². The summed E-state index contributed by atoms with van der Waals surface area (Å²) in [6, 6.07) is 8.89. The maximum absolute atomic E-state index is 3.36. The second-order valence-electron chi connectivity index (χ2n) is 3.94. The molecule has 2 aromatic rings. The van der Waals surface area contributed by atoms with Crippen molar-refractivity contribution >= 4 is 11.3 Å². The summed E-state index contributed by atoms with van der Waals surface area (Å²) >= 11 is 1.75. The van der Waals surface area contributed by atoms with Crippen molar-refractivity contribution in [1.29, 1.82) is 0 Å². The molecular weight excluding hydrogens is 214 g/mol. The van der Waals surface area contributed by atoms with Crippen LogP contribution in [0.3, 0.4) is 0 Å². The van der Waals surface area contributed by atoms with Gasteiger partial charge >= 0.3 is 0 Å². The molecular formula is C14H17NS. The summed E-state index contributed by atoms with van der Waals surface area (Å²) in [6.45, 7) is 6.27. The average molecular weight is 231 g/mol. The molecule has 0 unspecified atom stereocenters. The third-order valence-corrected chi connectivity index (χ3v) is 3.40. The van der Waals surface area contributed by atoms with Crippen molar-refractivity contribution in [2.24, 2.45) is 0 Å². The fourth-order valence-corrected chi connectivity index (χ4v) is 2.43. The molecule has 1 aromatic carbocycles. The highest BCUT2D eigenvalue weighted by Crippen LogP contribution is 2.26. The Bertz CT molecular complexity index is 446. The summed E-state index contributed by atoms with van der Waals surface area (Å²) in [6.07, 6.45) is 0. The minimum Gasteiger partial charge on any atom is -0.313 e. The van der Waals surface area contributed by atoms with E-state index in [1.165, 1.54) is 22.3 Å². The number of hydrogen-bond donors (Lipinski definition) is 1. The molecule has 1 aromatic heterocycles. The van der Waals surface area contributed by atoms with Crippen LogP contribution in [0.1, 0.15) is 18.1 Å². The van der Waals surface area contributed by atoms with Gasteiger partial charge in [0.2, 0.25) is 0 Å². The second kappa shape index (κ2) is 5.28. The van der Waals surface area contributed by atoms with Crippen LogP contribution in [0.4, 0.5) is 0 Å². The first-order valence-corrected chi connectivity index (χ1v) is 6.58. The molecule has 0 saturated carbocycles. The zero-order valence-corrected chi connectivity index (χ0v) is 10.6. The van der Waals surface area contributed by atoms with Crippen LogP contribution in [0, 0.1) is 6.92 Å². The van der Waals surface area contributed by atoms with Crippen molar-refractivity contribution < 1.29 is 0 Å². The third-order valence-electron chi connectivity index (χ3n) is 2.71. The van der Waals surface area contributed by atoms with Gasteiger partial charge in [0.25, 0.3) is 0 Å². The Hall–Kier alpha value is -1.12. The monoisotopic (exact) mass is 231 g/mol. The standard InChI is InChI=1S/C14H17NS/c1-3-15-9-12-5-4-11(2)14(8-12)13-6-7-16-10-13/h4-8,10,15H,3,9H2,1-2H3. The average Bonchev–Trinajstić information content (AvgIpc) is 2.81. The van der Waals surface area contributed by atoms with Crippen molar-refractivity contribution in [3.8, 4) is 11.1 Å². The summed E-state index contributed by atoms with van der Waals surface area (Å²) in [5, 5.41) is 7.70. The quantitative estimate of drug-likeness (QED) is 0.843. The topological polar surface area (TPSA) is 12.0 Å². The van der Waals surface area contributed by atoms with Crippen LogP contribution in [0.25, 0.3) is 11.1 Å². The Morgan fingerprint density at radius 1 is 1.25 bits per heavy atom. The van der Waals surface area contributed by atoms with Gasteiger partial charge in [-0.15, -0.1) is 0 Å². The molecule has 0 amide bonds. The highest BCUT2D eigenvalue weighted by atomic mass is 32.1. The summed E-state index contributed by atoms with van der Waals surface area (Å²) in [5.74, 6) is 0. The lowest BCUT2D eigenvalue weighted by Crippen LogP contribution is -2.11. The predicted octanol–water partition coefficient (Wildman–Crippen LogP) is 3.83. The molecule has 16 heavy (non-hydrogen) atoms. The number of aryl methyl sites for hydroxylation is 1. The Kier molecular flexibility index (Phi) is 3.75. The first-order valence-electron chi connectivity index (χ1n) is 5.64. The van der Waals surface area contributed by atoms with E-state index in [0.29, 0.717) is 0 Å². The molecule has 1 N–H and O–H groups in total. The molecule has 2 rings (SSSR count). The zero-order chi connectivity index (χ0) is 11.4. The van der Waals surface area contributed by atoms with Gasteiger partial charge in [0.15, 0.2) is 0 Å². The van der Waals surface area contributed by atoms with Gasteiger partial charge in [0, 0.05) is 6.54 Å². The van der Waals surface area contributed by atoms with Gasteiger partial charge in [0.05, 0.1) is 0 Å². The van der Waals surface area contributed by atoms with E-state index in [2.05, 4.69) is 54.2 Å². The molecule has 0 fully saturated rings. The van der Waals surface area contributed by atoms with E-state index in [0.717, 1.165) is 13.1 Å². The van der Waals surface area contributed by atoms with Gasteiger partial charge in [0.1, 0.15) is 0 Å². The van der Waals surface area contributed by atoms with Gasteiger partial charge in [-0.3, -0.25) is 0 Å². The number of hydrogen-bond acceptors (Lipinski definition) is 2.